The number of hydrogen-bond donors (Lipinski definition) is 1. The Morgan fingerprint density at radius 2 is 2.00 bits per heavy atom. The lowest BCUT2D eigenvalue weighted by Crippen LogP contribution is -2.17. The molecule has 1 aromatic carbocycles. The van der Waals surface area contributed by atoms with Gasteiger partial charge in [0.2, 0.25) is 0 Å². The van der Waals surface area contributed by atoms with E-state index in [1.165, 1.54) is 0 Å². The summed E-state index contributed by atoms with van der Waals surface area (Å²) < 4.78 is 25.0. The van der Waals surface area contributed by atoms with Gasteiger partial charge in [-0.3, -0.25) is 0 Å². The fraction of sp³-hybridized carbons (Fsp3) is 0.263. The summed E-state index contributed by atoms with van der Waals surface area (Å²) in [5.41, 5.74) is 4.68. The van der Waals surface area contributed by atoms with Crippen molar-refractivity contribution >= 4 is 22.0 Å². The van der Waals surface area contributed by atoms with Crippen molar-refractivity contribution in [1.29, 1.82) is 5.26 Å². The Labute approximate surface area is 154 Å². The largest absolute Gasteiger partial charge is 0.361 e. The third-order valence-electron chi connectivity index (χ3n) is 4.31. The van der Waals surface area contributed by atoms with E-state index in [-0.39, 0.29) is 5.75 Å². The maximum Gasteiger partial charge on any atom is 0.153 e. The molecule has 3 aromatic rings. The second kappa shape index (κ2) is 7.18. The van der Waals surface area contributed by atoms with Crippen molar-refractivity contribution in [3.05, 3.63) is 53.2 Å². The second-order valence-corrected chi connectivity index (χ2v) is 7.21. The van der Waals surface area contributed by atoms with Gasteiger partial charge in [0, 0.05) is 30.9 Å². The third kappa shape index (κ3) is 3.16. The van der Waals surface area contributed by atoms with Crippen molar-refractivity contribution < 1.29 is 8.42 Å². The van der Waals surface area contributed by atoms with Crippen LogP contribution in [0.4, 0.5) is 5.82 Å². The van der Waals surface area contributed by atoms with Crippen LogP contribution < -0.4 is 4.90 Å². The fourth-order valence-electron chi connectivity index (χ4n) is 3.17. The van der Waals surface area contributed by atoms with E-state index in [4.69, 9.17) is 5.10 Å². The Morgan fingerprint density at radius 1 is 1.23 bits per heavy atom. The average Bonchev–Trinajstić information content (AvgIpc) is 3.03. The van der Waals surface area contributed by atoms with Crippen molar-refractivity contribution in [3.8, 4) is 17.2 Å². The Kier molecular flexibility index (Phi) is 4.96. The van der Waals surface area contributed by atoms with Crippen LogP contribution in [-0.2, 0) is 22.9 Å². The molecule has 0 aliphatic carbocycles. The van der Waals surface area contributed by atoms with Gasteiger partial charge in [0.25, 0.3) is 0 Å². The SMILES string of the molecule is CCc1ccc2c(-c3cccc(C#N)c3)c(C[SH](=O)=O)c(N(C)C)nn12. The minimum absolute atomic E-state index is 0.106. The molecule has 0 spiro atoms. The second-order valence-electron chi connectivity index (χ2n) is 6.23. The van der Waals surface area contributed by atoms with Gasteiger partial charge in [-0.15, -0.1) is 5.10 Å². The number of aromatic nitrogens is 2. The molecular formula is C19H20N4O2S. The monoisotopic (exact) mass is 368 g/mol. The lowest BCUT2D eigenvalue weighted by Gasteiger charge is -2.20. The molecule has 0 fully saturated rings. The number of rotatable bonds is 5. The molecule has 0 unspecified atom stereocenters. The van der Waals surface area contributed by atoms with Gasteiger partial charge in [0.1, 0.15) is 10.7 Å². The van der Waals surface area contributed by atoms with Gasteiger partial charge in [-0.2, -0.15) is 5.26 Å². The highest BCUT2D eigenvalue weighted by Gasteiger charge is 2.20. The molecule has 2 aromatic heterocycles. The number of thiol groups is 1. The first-order chi connectivity index (χ1) is 12.5. The predicted molar refractivity (Wildman–Crippen MR) is 103 cm³/mol. The molecule has 134 valence electrons. The number of nitrogens with zero attached hydrogens (tertiary/aromatic N) is 4. The van der Waals surface area contributed by atoms with Crippen LogP contribution in [0.25, 0.3) is 16.6 Å². The molecule has 0 aliphatic rings. The topological polar surface area (TPSA) is 78.5 Å². The Hall–Kier alpha value is -2.85. The zero-order valence-corrected chi connectivity index (χ0v) is 15.8. The van der Waals surface area contributed by atoms with E-state index < -0.39 is 10.7 Å². The number of aryl methyl sites for hydroxylation is 1. The van der Waals surface area contributed by atoms with Crippen LogP contribution >= 0.6 is 0 Å². The highest BCUT2D eigenvalue weighted by molar-refractivity contribution is 7.71. The first kappa shape index (κ1) is 18.0. The van der Waals surface area contributed by atoms with E-state index in [9.17, 15) is 13.7 Å². The fourth-order valence-corrected chi connectivity index (χ4v) is 3.73. The van der Waals surface area contributed by atoms with Gasteiger partial charge in [0.15, 0.2) is 5.82 Å². The van der Waals surface area contributed by atoms with Crippen LogP contribution in [0.5, 0.6) is 0 Å². The summed E-state index contributed by atoms with van der Waals surface area (Å²) in [4.78, 5) is 1.82. The quantitative estimate of drug-likeness (QED) is 0.701. The Bertz CT molecular complexity index is 1080. The van der Waals surface area contributed by atoms with Gasteiger partial charge in [0.05, 0.1) is 22.9 Å². The molecule has 26 heavy (non-hydrogen) atoms. The molecule has 0 bridgehead atoms. The molecule has 0 saturated carbocycles. The normalized spacial score (nSPS) is 11.0. The number of anilines is 1. The van der Waals surface area contributed by atoms with Crippen LogP contribution in [-0.4, -0.2) is 32.1 Å². The smallest absolute Gasteiger partial charge is 0.153 e. The van der Waals surface area contributed by atoms with Crippen LogP contribution in [0.1, 0.15) is 23.7 Å². The molecule has 0 N–H and O–H groups in total. The average molecular weight is 368 g/mol. The summed E-state index contributed by atoms with van der Waals surface area (Å²) in [6.07, 6.45) is 0.806. The van der Waals surface area contributed by atoms with Crippen LogP contribution in [0.15, 0.2) is 36.4 Å². The lowest BCUT2D eigenvalue weighted by atomic mass is 9.99. The van der Waals surface area contributed by atoms with Crippen molar-refractivity contribution in [2.24, 2.45) is 0 Å². The van der Waals surface area contributed by atoms with Crippen molar-refractivity contribution in [3.63, 3.8) is 0 Å². The molecule has 0 saturated heterocycles. The number of fused-ring (bicyclic) bond motifs is 1. The van der Waals surface area contributed by atoms with E-state index >= 15 is 0 Å². The standard InChI is InChI=1S/C19H20N4O2S/c1-4-15-8-9-17-18(14-7-5-6-13(10-14)11-20)16(12-26(24)25)19(22(2)3)21-23(15)17/h5-10,26H,4,12H2,1-3H3. The van der Waals surface area contributed by atoms with Gasteiger partial charge in [-0.1, -0.05) is 19.1 Å². The molecule has 3 rings (SSSR count). The van der Waals surface area contributed by atoms with E-state index in [0.717, 1.165) is 28.8 Å². The maximum atomic E-state index is 11.6. The van der Waals surface area contributed by atoms with E-state index in [1.807, 2.05) is 47.8 Å². The summed E-state index contributed by atoms with van der Waals surface area (Å²) in [6.45, 7) is 2.05. The highest BCUT2D eigenvalue weighted by atomic mass is 32.2. The maximum absolute atomic E-state index is 11.6. The Morgan fingerprint density at radius 3 is 2.62 bits per heavy atom. The molecule has 0 aliphatic heterocycles. The van der Waals surface area contributed by atoms with Crippen LogP contribution in [0.2, 0.25) is 0 Å². The summed E-state index contributed by atoms with van der Waals surface area (Å²) in [5.74, 6) is 0.505. The van der Waals surface area contributed by atoms with Crippen molar-refractivity contribution in [1.82, 2.24) is 9.61 Å². The minimum Gasteiger partial charge on any atom is -0.361 e. The molecule has 0 radical (unpaired) electrons. The number of hydrogen-bond acceptors (Lipinski definition) is 5. The van der Waals surface area contributed by atoms with Crippen molar-refractivity contribution in [2.45, 2.75) is 19.1 Å². The molecule has 0 amide bonds. The van der Waals surface area contributed by atoms with E-state index in [1.54, 1.807) is 12.1 Å². The summed E-state index contributed by atoms with van der Waals surface area (Å²) in [5, 5.41) is 13.9. The van der Waals surface area contributed by atoms with Crippen LogP contribution in [0, 0.1) is 11.3 Å². The predicted octanol–water partition coefficient (Wildman–Crippen LogP) is 2.61. The molecule has 6 nitrogen and oxygen atoms in total. The van der Waals surface area contributed by atoms with Gasteiger partial charge in [-0.05, 0) is 36.2 Å². The third-order valence-corrected chi connectivity index (χ3v) is 4.88. The molecular weight excluding hydrogens is 348 g/mol. The summed E-state index contributed by atoms with van der Waals surface area (Å²) >= 11 is 0. The zero-order chi connectivity index (χ0) is 18.8. The zero-order valence-electron chi connectivity index (χ0n) is 14.9. The van der Waals surface area contributed by atoms with Gasteiger partial charge >= 0.3 is 0 Å². The molecule has 2 heterocycles. The first-order valence-corrected chi connectivity index (χ1v) is 9.65. The highest BCUT2D eigenvalue weighted by Crippen LogP contribution is 2.35. The molecule has 7 heteroatoms. The minimum atomic E-state index is -2.63. The van der Waals surface area contributed by atoms with E-state index in [0.29, 0.717) is 16.9 Å². The lowest BCUT2D eigenvalue weighted by molar-refractivity contribution is 0.613. The van der Waals surface area contributed by atoms with E-state index in [2.05, 4.69) is 13.0 Å². The van der Waals surface area contributed by atoms with Crippen molar-refractivity contribution in [2.75, 3.05) is 19.0 Å². The number of nitriles is 1. The first-order valence-electron chi connectivity index (χ1n) is 8.29. The Balaban J connectivity index is 2.46. The molecule has 0 atom stereocenters. The van der Waals surface area contributed by atoms with Gasteiger partial charge in [-0.25, -0.2) is 12.9 Å². The summed E-state index contributed by atoms with van der Waals surface area (Å²) in [6, 6.07) is 13.3. The van der Waals surface area contributed by atoms with Gasteiger partial charge < -0.3 is 4.90 Å². The number of benzene rings is 1. The summed E-state index contributed by atoms with van der Waals surface area (Å²) in [7, 11) is 1.07. The van der Waals surface area contributed by atoms with Crippen LogP contribution in [0.3, 0.4) is 0 Å².